The molecule has 2 heterocycles. The van der Waals surface area contributed by atoms with Crippen LogP contribution in [0.1, 0.15) is 11.1 Å². The minimum atomic E-state index is -0.898. The van der Waals surface area contributed by atoms with Crippen LogP contribution in [0, 0.1) is 5.82 Å². The summed E-state index contributed by atoms with van der Waals surface area (Å²) in [5.41, 5.74) is 1.13. The number of nitrogens with zero attached hydrogens (tertiary/aromatic N) is 2. The van der Waals surface area contributed by atoms with Gasteiger partial charge >= 0.3 is 0 Å². The van der Waals surface area contributed by atoms with Crippen LogP contribution in [-0.2, 0) is 13.1 Å². The second-order valence-corrected chi connectivity index (χ2v) is 7.92. The summed E-state index contributed by atoms with van der Waals surface area (Å²) in [6.07, 6.45) is 0. The number of ether oxygens (including phenoxy) is 2. The van der Waals surface area contributed by atoms with Gasteiger partial charge in [0.2, 0.25) is 5.88 Å². The standard InChI is InChI=1S/C25H23ClFN3O4/c1-33-18-9-7-16(8-10-18)14-28-11-12-34-25-21-19(31)13-20(32)30(15-17-5-3-2-4-6-17)23(21)22(27)24(26)29-25/h2-10,13,28,31H,11-12,14-15H2,1H3. The Morgan fingerprint density at radius 1 is 1.12 bits per heavy atom. The first-order valence-corrected chi connectivity index (χ1v) is 11.0. The maximum atomic E-state index is 15.0. The maximum Gasteiger partial charge on any atom is 0.255 e. The Balaban J connectivity index is 1.55. The zero-order valence-electron chi connectivity index (χ0n) is 18.4. The zero-order chi connectivity index (χ0) is 24.1. The van der Waals surface area contributed by atoms with E-state index in [4.69, 9.17) is 21.1 Å². The van der Waals surface area contributed by atoms with E-state index in [9.17, 15) is 9.90 Å². The summed E-state index contributed by atoms with van der Waals surface area (Å²) in [5.74, 6) is -0.588. The van der Waals surface area contributed by atoms with Gasteiger partial charge in [0.15, 0.2) is 11.0 Å². The highest BCUT2D eigenvalue weighted by atomic mass is 35.5. The molecule has 4 aromatic rings. The van der Waals surface area contributed by atoms with E-state index in [1.165, 1.54) is 4.57 Å². The van der Waals surface area contributed by atoms with Gasteiger partial charge in [-0.25, -0.2) is 4.39 Å². The molecule has 0 atom stereocenters. The average molecular weight is 484 g/mol. The van der Waals surface area contributed by atoms with Crippen molar-refractivity contribution in [1.82, 2.24) is 14.9 Å². The van der Waals surface area contributed by atoms with Gasteiger partial charge in [-0.1, -0.05) is 54.1 Å². The number of hydrogen-bond donors (Lipinski definition) is 2. The highest BCUT2D eigenvalue weighted by molar-refractivity contribution is 6.30. The van der Waals surface area contributed by atoms with E-state index in [1.807, 2.05) is 54.6 Å². The van der Waals surface area contributed by atoms with Gasteiger partial charge in [-0.3, -0.25) is 4.79 Å². The van der Waals surface area contributed by atoms with E-state index in [2.05, 4.69) is 10.3 Å². The number of halogens is 2. The van der Waals surface area contributed by atoms with Crippen molar-refractivity contribution < 1.29 is 19.0 Å². The summed E-state index contributed by atoms with van der Waals surface area (Å²) >= 11 is 6.03. The normalized spacial score (nSPS) is 11.0. The Bertz CT molecular complexity index is 1340. The number of aromatic hydroxyl groups is 1. The lowest BCUT2D eigenvalue weighted by molar-refractivity contribution is 0.304. The molecule has 0 saturated carbocycles. The lowest BCUT2D eigenvalue weighted by Crippen LogP contribution is -2.23. The van der Waals surface area contributed by atoms with Crippen molar-refractivity contribution in [3.63, 3.8) is 0 Å². The van der Waals surface area contributed by atoms with Crippen LogP contribution in [0.2, 0.25) is 5.15 Å². The molecule has 0 fully saturated rings. The molecule has 0 radical (unpaired) electrons. The first-order chi connectivity index (χ1) is 16.5. The summed E-state index contributed by atoms with van der Waals surface area (Å²) in [4.78, 5) is 16.6. The predicted octanol–water partition coefficient (Wildman–Crippen LogP) is 4.12. The first-order valence-electron chi connectivity index (χ1n) is 10.6. The molecule has 0 bridgehead atoms. The van der Waals surface area contributed by atoms with Crippen molar-refractivity contribution in [2.75, 3.05) is 20.3 Å². The summed E-state index contributed by atoms with van der Waals surface area (Å²) < 4.78 is 27.1. The quantitative estimate of drug-likeness (QED) is 0.275. The minimum Gasteiger partial charge on any atom is -0.507 e. The van der Waals surface area contributed by atoms with Crippen LogP contribution in [0.3, 0.4) is 0 Å². The summed E-state index contributed by atoms with van der Waals surface area (Å²) in [6, 6.07) is 17.8. The van der Waals surface area contributed by atoms with Crippen LogP contribution in [-0.4, -0.2) is 34.9 Å². The summed E-state index contributed by atoms with van der Waals surface area (Å²) in [7, 11) is 1.61. The van der Waals surface area contributed by atoms with Gasteiger partial charge in [-0.15, -0.1) is 0 Å². The number of aromatic nitrogens is 2. The van der Waals surface area contributed by atoms with Gasteiger partial charge in [-0.05, 0) is 23.3 Å². The number of fused-ring (bicyclic) bond motifs is 1. The van der Waals surface area contributed by atoms with Crippen LogP contribution in [0.25, 0.3) is 10.9 Å². The molecule has 4 rings (SSSR count). The van der Waals surface area contributed by atoms with Crippen molar-refractivity contribution >= 4 is 22.5 Å². The number of nitrogens with one attached hydrogen (secondary N) is 1. The topological polar surface area (TPSA) is 85.6 Å². The predicted molar refractivity (Wildman–Crippen MR) is 128 cm³/mol. The molecule has 9 heteroatoms. The van der Waals surface area contributed by atoms with Crippen LogP contribution in [0.4, 0.5) is 4.39 Å². The number of hydrogen-bond acceptors (Lipinski definition) is 6. The van der Waals surface area contributed by atoms with Gasteiger partial charge in [0.1, 0.15) is 23.5 Å². The third-order valence-electron chi connectivity index (χ3n) is 5.28. The SMILES string of the molecule is COc1ccc(CNCCOc2nc(Cl)c(F)c3c2c(O)cc(=O)n3Cc2ccccc2)cc1. The largest absolute Gasteiger partial charge is 0.507 e. The second-order valence-electron chi connectivity index (χ2n) is 7.56. The fraction of sp³-hybridized carbons (Fsp3) is 0.200. The monoisotopic (exact) mass is 483 g/mol. The number of pyridine rings is 2. The molecule has 0 aliphatic heterocycles. The van der Waals surface area contributed by atoms with Gasteiger partial charge in [0, 0.05) is 19.2 Å². The first kappa shape index (κ1) is 23.5. The fourth-order valence-corrected chi connectivity index (χ4v) is 3.75. The maximum absolute atomic E-state index is 15.0. The van der Waals surface area contributed by atoms with E-state index in [0.717, 1.165) is 22.9 Å². The van der Waals surface area contributed by atoms with E-state index in [1.54, 1.807) is 7.11 Å². The third-order valence-corrected chi connectivity index (χ3v) is 5.53. The summed E-state index contributed by atoms with van der Waals surface area (Å²) in [6.45, 7) is 1.33. The molecule has 0 unspecified atom stereocenters. The smallest absolute Gasteiger partial charge is 0.255 e. The molecule has 2 aromatic carbocycles. The van der Waals surface area contributed by atoms with E-state index < -0.39 is 22.3 Å². The van der Waals surface area contributed by atoms with Crippen LogP contribution >= 0.6 is 11.6 Å². The summed E-state index contributed by atoms with van der Waals surface area (Å²) in [5, 5.41) is 13.2. The van der Waals surface area contributed by atoms with Crippen molar-refractivity contribution in [1.29, 1.82) is 0 Å². The minimum absolute atomic E-state index is 0.00687. The van der Waals surface area contributed by atoms with Gasteiger partial charge < -0.3 is 24.5 Å². The average Bonchev–Trinajstić information content (AvgIpc) is 2.84. The van der Waals surface area contributed by atoms with Crippen LogP contribution in [0.5, 0.6) is 17.4 Å². The van der Waals surface area contributed by atoms with Crippen molar-refractivity contribution in [2.24, 2.45) is 0 Å². The Labute approximate surface area is 200 Å². The van der Waals surface area contributed by atoms with E-state index in [0.29, 0.717) is 13.1 Å². The molecule has 7 nitrogen and oxygen atoms in total. The van der Waals surface area contributed by atoms with Crippen molar-refractivity contribution in [3.8, 4) is 17.4 Å². The number of rotatable bonds is 9. The lowest BCUT2D eigenvalue weighted by Gasteiger charge is -2.16. The van der Waals surface area contributed by atoms with Gasteiger partial charge in [-0.2, -0.15) is 4.98 Å². The van der Waals surface area contributed by atoms with Gasteiger partial charge in [0.25, 0.3) is 5.56 Å². The molecule has 0 spiro atoms. The fourth-order valence-electron chi connectivity index (χ4n) is 3.59. The Morgan fingerprint density at radius 2 is 1.85 bits per heavy atom. The highest BCUT2D eigenvalue weighted by Crippen LogP contribution is 2.35. The van der Waals surface area contributed by atoms with E-state index >= 15 is 4.39 Å². The van der Waals surface area contributed by atoms with Crippen LogP contribution < -0.4 is 20.3 Å². The van der Waals surface area contributed by atoms with Crippen molar-refractivity contribution in [2.45, 2.75) is 13.1 Å². The highest BCUT2D eigenvalue weighted by Gasteiger charge is 2.22. The van der Waals surface area contributed by atoms with Crippen LogP contribution in [0.15, 0.2) is 65.5 Å². The zero-order valence-corrected chi connectivity index (χ0v) is 19.2. The number of methoxy groups -OCH3 is 1. The van der Waals surface area contributed by atoms with Crippen molar-refractivity contribution in [3.05, 3.63) is 93.1 Å². The lowest BCUT2D eigenvalue weighted by atomic mass is 10.2. The Kier molecular flexibility index (Phi) is 7.30. The molecule has 0 aliphatic carbocycles. The number of benzene rings is 2. The molecule has 2 N–H and O–H groups in total. The van der Waals surface area contributed by atoms with Gasteiger partial charge in [0.05, 0.1) is 19.2 Å². The molecule has 0 aliphatic rings. The van der Waals surface area contributed by atoms with E-state index in [-0.39, 0.29) is 29.9 Å². The molecular weight excluding hydrogens is 461 g/mol. The second kappa shape index (κ2) is 10.5. The molecular formula is C25H23ClFN3O4. The Morgan fingerprint density at radius 3 is 2.56 bits per heavy atom. The molecule has 2 aromatic heterocycles. The third kappa shape index (κ3) is 5.13. The molecule has 0 amide bonds. The molecule has 176 valence electrons. The molecule has 0 saturated heterocycles. The Hall–Kier alpha value is -3.62. The molecule has 34 heavy (non-hydrogen) atoms.